The number of nitrogens with one attached hydrogen (secondary N) is 1. The molecule has 17 heavy (non-hydrogen) atoms. The number of unbranched alkanes of at least 4 members (excludes halogenated alkanes) is 3. The normalized spacial score (nSPS) is 10.2. The van der Waals surface area contributed by atoms with Crippen LogP contribution in [0.1, 0.15) is 44.6 Å². The first-order valence-corrected chi connectivity index (χ1v) is 6.27. The summed E-state index contributed by atoms with van der Waals surface area (Å²) in [5.74, 6) is -0.0305. The Labute approximate surface area is 103 Å². The number of amides is 1. The maximum Gasteiger partial charge on any atom is 0.243 e. The number of carbonyl (C=O) groups excluding carboxylic acids is 1. The summed E-state index contributed by atoms with van der Waals surface area (Å²) in [5, 5.41) is 0. The molecule has 0 atom stereocenters. The number of hydrogen-bond donors (Lipinski definition) is 1. The van der Waals surface area contributed by atoms with Crippen molar-refractivity contribution in [3.05, 3.63) is 35.9 Å². The van der Waals surface area contributed by atoms with E-state index in [-0.39, 0.29) is 5.91 Å². The first-order chi connectivity index (χ1) is 8.33. The van der Waals surface area contributed by atoms with E-state index in [1.165, 1.54) is 12.8 Å². The van der Waals surface area contributed by atoms with Crippen molar-refractivity contribution in [2.75, 3.05) is 0 Å². The molecule has 0 saturated heterocycles. The number of benzene rings is 1. The first kappa shape index (κ1) is 13.7. The van der Waals surface area contributed by atoms with Crippen LogP contribution in [0.4, 0.5) is 0 Å². The molecule has 1 rings (SSSR count). The van der Waals surface area contributed by atoms with Gasteiger partial charge in [-0.15, -0.1) is 0 Å². The second kappa shape index (κ2) is 8.76. The molecule has 0 radical (unpaired) electrons. The average molecular weight is 235 g/mol. The smallest absolute Gasteiger partial charge is 0.243 e. The molecular weight excluding hydrogens is 214 g/mol. The van der Waals surface area contributed by atoms with Crippen molar-refractivity contribution in [3.8, 4) is 0 Å². The van der Waals surface area contributed by atoms with Crippen molar-refractivity contribution in [2.45, 2.75) is 45.6 Å². The molecule has 0 aliphatic carbocycles. The van der Waals surface area contributed by atoms with Crippen molar-refractivity contribution in [1.82, 2.24) is 5.48 Å². The predicted octanol–water partition coefficient (Wildman–Crippen LogP) is 3.20. The summed E-state index contributed by atoms with van der Waals surface area (Å²) < 4.78 is 0. The minimum Gasteiger partial charge on any atom is -0.273 e. The van der Waals surface area contributed by atoms with Gasteiger partial charge in [0.2, 0.25) is 5.91 Å². The van der Waals surface area contributed by atoms with Gasteiger partial charge in [0.15, 0.2) is 0 Å². The maximum atomic E-state index is 11.4. The highest BCUT2D eigenvalue weighted by Gasteiger charge is 2.00. The molecule has 0 unspecified atom stereocenters. The van der Waals surface area contributed by atoms with Gasteiger partial charge in [-0.3, -0.25) is 9.63 Å². The van der Waals surface area contributed by atoms with Crippen LogP contribution in [-0.2, 0) is 16.2 Å². The molecule has 3 heteroatoms. The summed E-state index contributed by atoms with van der Waals surface area (Å²) in [6, 6.07) is 9.78. The summed E-state index contributed by atoms with van der Waals surface area (Å²) in [6.07, 6.45) is 4.98. The van der Waals surface area contributed by atoms with Gasteiger partial charge in [-0.1, -0.05) is 56.5 Å². The molecule has 0 heterocycles. The highest BCUT2D eigenvalue weighted by Crippen LogP contribution is 2.02. The Hall–Kier alpha value is -1.35. The molecule has 0 aromatic heterocycles. The molecule has 0 saturated carbocycles. The highest BCUT2D eigenvalue weighted by molar-refractivity contribution is 5.74. The molecule has 1 aromatic carbocycles. The minimum absolute atomic E-state index is 0.0305. The van der Waals surface area contributed by atoms with E-state index < -0.39 is 0 Å². The van der Waals surface area contributed by atoms with Crippen molar-refractivity contribution in [3.63, 3.8) is 0 Å². The fraction of sp³-hybridized carbons (Fsp3) is 0.500. The Morgan fingerprint density at radius 1 is 1.18 bits per heavy atom. The van der Waals surface area contributed by atoms with Crippen LogP contribution in [0, 0.1) is 0 Å². The van der Waals surface area contributed by atoms with E-state index in [0.29, 0.717) is 13.0 Å². The van der Waals surface area contributed by atoms with Crippen LogP contribution in [0.2, 0.25) is 0 Å². The Kier molecular flexibility index (Phi) is 7.07. The van der Waals surface area contributed by atoms with Crippen LogP contribution in [0.15, 0.2) is 30.3 Å². The van der Waals surface area contributed by atoms with E-state index in [9.17, 15) is 4.79 Å². The molecule has 0 aliphatic heterocycles. The van der Waals surface area contributed by atoms with Crippen LogP contribution < -0.4 is 5.48 Å². The van der Waals surface area contributed by atoms with Crippen LogP contribution >= 0.6 is 0 Å². The first-order valence-electron chi connectivity index (χ1n) is 6.27. The lowest BCUT2D eigenvalue weighted by Crippen LogP contribution is -2.23. The van der Waals surface area contributed by atoms with E-state index in [0.717, 1.165) is 18.4 Å². The molecule has 0 aliphatic rings. The molecule has 1 N–H and O–H groups in total. The Morgan fingerprint density at radius 2 is 1.94 bits per heavy atom. The molecule has 1 aromatic rings. The predicted molar refractivity (Wildman–Crippen MR) is 68.1 cm³/mol. The highest BCUT2D eigenvalue weighted by atomic mass is 16.6. The van der Waals surface area contributed by atoms with E-state index >= 15 is 0 Å². The van der Waals surface area contributed by atoms with Gasteiger partial charge in [-0.05, 0) is 12.0 Å². The summed E-state index contributed by atoms with van der Waals surface area (Å²) in [4.78, 5) is 16.5. The van der Waals surface area contributed by atoms with Crippen LogP contribution in [0.25, 0.3) is 0 Å². The summed E-state index contributed by atoms with van der Waals surface area (Å²) in [7, 11) is 0. The van der Waals surface area contributed by atoms with Crippen LogP contribution in [-0.4, -0.2) is 5.91 Å². The average Bonchev–Trinajstić information content (AvgIpc) is 2.36. The van der Waals surface area contributed by atoms with Gasteiger partial charge < -0.3 is 0 Å². The quantitative estimate of drug-likeness (QED) is 0.555. The van der Waals surface area contributed by atoms with E-state index in [4.69, 9.17) is 4.84 Å². The molecule has 0 spiro atoms. The van der Waals surface area contributed by atoms with Crippen LogP contribution in [0.5, 0.6) is 0 Å². The van der Waals surface area contributed by atoms with Crippen molar-refractivity contribution in [2.24, 2.45) is 0 Å². The van der Waals surface area contributed by atoms with Gasteiger partial charge >= 0.3 is 0 Å². The summed E-state index contributed by atoms with van der Waals surface area (Å²) in [6.45, 7) is 2.57. The molecule has 3 nitrogen and oxygen atoms in total. The number of rotatable bonds is 8. The van der Waals surface area contributed by atoms with E-state index in [2.05, 4.69) is 12.4 Å². The zero-order valence-electron chi connectivity index (χ0n) is 10.4. The summed E-state index contributed by atoms with van der Waals surface area (Å²) in [5.41, 5.74) is 3.52. The Bertz CT molecular complexity index is 311. The van der Waals surface area contributed by atoms with E-state index in [1.54, 1.807) is 0 Å². The van der Waals surface area contributed by atoms with Crippen molar-refractivity contribution in [1.29, 1.82) is 0 Å². The molecule has 0 fully saturated rings. The van der Waals surface area contributed by atoms with Crippen molar-refractivity contribution >= 4 is 5.91 Å². The minimum atomic E-state index is -0.0305. The fourth-order valence-electron chi connectivity index (χ4n) is 1.54. The van der Waals surface area contributed by atoms with Crippen LogP contribution in [0.3, 0.4) is 0 Å². The lowest BCUT2D eigenvalue weighted by molar-refractivity contribution is -0.134. The Balaban J connectivity index is 2.04. The second-order valence-corrected chi connectivity index (χ2v) is 4.11. The largest absolute Gasteiger partial charge is 0.273 e. The monoisotopic (exact) mass is 235 g/mol. The van der Waals surface area contributed by atoms with Gasteiger partial charge in [-0.25, -0.2) is 5.48 Å². The molecular formula is C14H21NO2. The zero-order chi connectivity index (χ0) is 12.3. The SMILES string of the molecule is CCCCCCC(=O)NOCc1ccccc1. The maximum absolute atomic E-state index is 11.4. The summed E-state index contributed by atoms with van der Waals surface area (Å²) >= 11 is 0. The standard InChI is InChI=1S/C14H21NO2/c1-2-3-4-8-11-14(16)15-17-12-13-9-6-5-7-10-13/h5-7,9-10H,2-4,8,11-12H2,1H3,(H,15,16). The third-order valence-electron chi connectivity index (χ3n) is 2.53. The number of hydrogen-bond acceptors (Lipinski definition) is 2. The third kappa shape index (κ3) is 6.74. The lowest BCUT2D eigenvalue weighted by atomic mass is 10.1. The number of hydroxylamine groups is 1. The fourth-order valence-corrected chi connectivity index (χ4v) is 1.54. The number of carbonyl (C=O) groups is 1. The van der Waals surface area contributed by atoms with Gasteiger partial charge in [0.05, 0.1) is 6.61 Å². The zero-order valence-corrected chi connectivity index (χ0v) is 10.4. The van der Waals surface area contributed by atoms with E-state index in [1.807, 2.05) is 30.3 Å². The topological polar surface area (TPSA) is 38.3 Å². The molecule has 0 bridgehead atoms. The molecule has 94 valence electrons. The van der Waals surface area contributed by atoms with Gasteiger partial charge in [-0.2, -0.15) is 0 Å². The lowest BCUT2D eigenvalue weighted by Gasteiger charge is -2.05. The van der Waals surface area contributed by atoms with Gasteiger partial charge in [0.1, 0.15) is 0 Å². The van der Waals surface area contributed by atoms with Crippen molar-refractivity contribution < 1.29 is 9.63 Å². The Morgan fingerprint density at radius 3 is 2.65 bits per heavy atom. The molecule has 1 amide bonds. The second-order valence-electron chi connectivity index (χ2n) is 4.11. The van der Waals surface area contributed by atoms with Gasteiger partial charge in [0.25, 0.3) is 0 Å². The van der Waals surface area contributed by atoms with Gasteiger partial charge in [0, 0.05) is 6.42 Å². The third-order valence-corrected chi connectivity index (χ3v) is 2.53.